The molecule has 76 valence electrons. The van der Waals surface area contributed by atoms with E-state index in [0.29, 0.717) is 15.6 Å². The second kappa shape index (κ2) is 5.15. The van der Waals surface area contributed by atoms with Gasteiger partial charge >= 0.3 is 0 Å². The highest BCUT2D eigenvalue weighted by Gasteiger charge is 2.17. The maximum atomic E-state index is 11.7. The fraction of sp³-hybridized carbons (Fsp3) is 0.300. The summed E-state index contributed by atoms with van der Waals surface area (Å²) < 4.78 is 0. The van der Waals surface area contributed by atoms with Crippen LogP contribution in [0.5, 0.6) is 0 Å². The molecule has 0 aromatic heterocycles. The second-order valence-corrected chi connectivity index (χ2v) is 4.81. The van der Waals surface area contributed by atoms with Crippen LogP contribution in [-0.4, -0.2) is 10.6 Å². The van der Waals surface area contributed by atoms with Crippen LogP contribution >= 0.6 is 39.1 Å². The number of Topliss-reactive ketones (excluding diaryl/α,β-unsaturated/α-hetero) is 1. The fourth-order valence-corrected chi connectivity index (χ4v) is 1.79. The zero-order chi connectivity index (χ0) is 10.7. The topological polar surface area (TPSA) is 17.1 Å². The lowest BCUT2D eigenvalue weighted by molar-refractivity contribution is 0.0990. The Bertz CT molecular complexity index is 352. The minimum Gasteiger partial charge on any atom is -0.293 e. The molecule has 0 radical (unpaired) electrons. The van der Waals surface area contributed by atoms with Gasteiger partial charge in [0.15, 0.2) is 5.78 Å². The minimum absolute atomic E-state index is 0.00540. The van der Waals surface area contributed by atoms with Crippen LogP contribution < -0.4 is 0 Å². The van der Waals surface area contributed by atoms with Gasteiger partial charge in [-0.2, -0.15) is 0 Å². The third-order valence-electron chi connectivity index (χ3n) is 1.84. The van der Waals surface area contributed by atoms with Crippen molar-refractivity contribution < 1.29 is 4.79 Å². The van der Waals surface area contributed by atoms with E-state index in [2.05, 4.69) is 15.9 Å². The number of halogens is 3. The third kappa shape index (κ3) is 2.72. The normalized spacial score (nSPS) is 12.6. The van der Waals surface area contributed by atoms with Gasteiger partial charge in [0.05, 0.1) is 9.85 Å². The number of alkyl halides is 1. The van der Waals surface area contributed by atoms with Gasteiger partial charge in [-0.3, -0.25) is 4.79 Å². The summed E-state index contributed by atoms with van der Waals surface area (Å²) in [6.45, 7) is 1.93. The molecule has 0 spiro atoms. The summed E-state index contributed by atoms with van der Waals surface area (Å²) >= 11 is 14.9. The van der Waals surface area contributed by atoms with Crippen molar-refractivity contribution in [3.63, 3.8) is 0 Å². The predicted octanol–water partition coefficient (Wildman–Crippen LogP) is 4.35. The number of rotatable bonds is 3. The molecule has 0 N–H and O–H groups in total. The minimum atomic E-state index is -0.179. The van der Waals surface area contributed by atoms with Gasteiger partial charge in [-0.15, -0.1) is 0 Å². The number of hydrogen-bond donors (Lipinski definition) is 0. The van der Waals surface area contributed by atoms with E-state index in [9.17, 15) is 4.79 Å². The Hall–Kier alpha value is -0.0500. The molecule has 0 amide bonds. The third-order valence-corrected chi connectivity index (χ3v) is 3.45. The molecule has 0 aliphatic carbocycles. The largest absolute Gasteiger partial charge is 0.293 e. The monoisotopic (exact) mass is 294 g/mol. The van der Waals surface area contributed by atoms with Crippen molar-refractivity contribution in [2.45, 2.75) is 18.2 Å². The summed E-state index contributed by atoms with van der Waals surface area (Å²) in [6, 6.07) is 4.89. The van der Waals surface area contributed by atoms with E-state index in [1.807, 2.05) is 6.92 Å². The summed E-state index contributed by atoms with van der Waals surface area (Å²) in [6.07, 6.45) is 0.734. The smallest absolute Gasteiger partial charge is 0.177 e. The van der Waals surface area contributed by atoms with Crippen LogP contribution in [0.2, 0.25) is 10.0 Å². The molecule has 0 heterocycles. The summed E-state index contributed by atoms with van der Waals surface area (Å²) in [5, 5.41) is 0.939. The first-order chi connectivity index (χ1) is 6.56. The van der Waals surface area contributed by atoms with Crippen LogP contribution in [0.3, 0.4) is 0 Å². The van der Waals surface area contributed by atoms with Crippen LogP contribution in [0.15, 0.2) is 18.2 Å². The van der Waals surface area contributed by atoms with E-state index in [-0.39, 0.29) is 10.6 Å². The van der Waals surface area contributed by atoms with Crippen LogP contribution in [0.1, 0.15) is 23.7 Å². The number of ketones is 1. The zero-order valence-corrected chi connectivity index (χ0v) is 10.7. The Balaban J connectivity index is 3.02. The molecule has 0 aliphatic heterocycles. The average molecular weight is 296 g/mol. The summed E-state index contributed by atoms with van der Waals surface area (Å²) in [5.41, 5.74) is 0.514. The molecule has 0 bridgehead atoms. The molecular weight excluding hydrogens is 287 g/mol. The standard InChI is InChI=1S/C10H9BrCl2O/c1-2-8(11)10(14)7-4-3-6(12)5-9(7)13/h3-5,8H,2H2,1H3. The lowest BCUT2D eigenvalue weighted by Crippen LogP contribution is -2.13. The molecule has 4 heteroatoms. The van der Waals surface area contributed by atoms with Crippen molar-refractivity contribution >= 4 is 44.9 Å². The van der Waals surface area contributed by atoms with E-state index < -0.39 is 0 Å². The predicted molar refractivity (Wildman–Crippen MR) is 63.8 cm³/mol. The van der Waals surface area contributed by atoms with E-state index >= 15 is 0 Å². The van der Waals surface area contributed by atoms with Gasteiger partial charge in [0, 0.05) is 10.6 Å². The van der Waals surface area contributed by atoms with E-state index in [4.69, 9.17) is 23.2 Å². The van der Waals surface area contributed by atoms with Gasteiger partial charge in [-0.1, -0.05) is 46.1 Å². The highest BCUT2D eigenvalue weighted by molar-refractivity contribution is 9.10. The van der Waals surface area contributed by atoms with Gasteiger partial charge in [-0.25, -0.2) is 0 Å². The second-order valence-electron chi connectivity index (χ2n) is 2.86. The molecule has 0 saturated heterocycles. The van der Waals surface area contributed by atoms with Crippen LogP contribution in [0.25, 0.3) is 0 Å². The Morgan fingerprint density at radius 3 is 2.64 bits per heavy atom. The number of hydrogen-bond acceptors (Lipinski definition) is 1. The first-order valence-electron chi connectivity index (χ1n) is 4.19. The molecular formula is C10H9BrCl2O. The first-order valence-corrected chi connectivity index (χ1v) is 5.86. The molecule has 1 aromatic carbocycles. The van der Waals surface area contributed by atoms with E-state index in [1.165, 1.54) is 0 Å². The lowest BCUT2D eigenvalue weighted by Gasteiger charge is -2.07. The number of carbonyl (C=O) groups is 1. The van der Waals surface area contributed by atoms with Crippen LogP contribution in [0, 0.1) is 0 Å². The first kappa shape index (κ1) is 12.0. The lowest BCUT2D eigenvalue weighted by atomic mass is 10.1. The van der Waals surface area contributed by atoms with Gasteiger partial charge in [0.25, 0.3) is 0 Å². The Morgan fingerprint density at radius 2 is 2.14 bits per heavy atom. The Morgan fingerprint density at radius 1 is 1.50 bits per heavy atom. The number of carbonyl (C=O) groups excluding carboxylic acids is 1. The molecule has 1 unspecified atom stereocenters. The molecule has 0 aliphatic rings. The maximum absolute atomic E-state index is 11.7. The Kier molecular flexibility index (Phi) is 4.42. The van der Waals surface area contributed by atoms with Gasteiger partial charge in [0.2, 0.25) is 0 Å². The van der Waals surface area contributed by atoms with Crippen molar-refractivity contribution in [2.75, 3.05) is 0 Å². The van der Waals surface area contributed by atoms with Crippen molar-refractivity contribution in [1.29, 1.82) is 0 Å². The highest BCUT2D eigenvalue weighted by atomic mass is 79.9. The molecule has 1 nitrogen and oxygen atoms in total. The molecule has 1 rings (SSSR count). The van der Waals surface area contributed by atoms with Crippen molar-refractivity contribution in [2.24, 2.45) is 0 Å². The fourth-order valence-electron chi connectivity index (χ4n) is 1.04. The molecule has 0 fully saturated rings. The average Bonchev–Trinajstić information content (AvgIpc) is 2.15. The van der Waals surface area contributed by atoms with Crippen molar-refractivity contribution in [3.05, 3.63) is 33.8 Å². The quantitative estimate of drug-likeness (QED) is 0.598. The van der Waals surface area contributed by atoms with Crippen molar-refractivity contribution in [3.8, 4) is 0 Å². The van der Waals surface area contributed by atoms with E-state index in [1.54, 1.807) is 18.2 Å². The highest BCUT2D eigenvalue weighted by Crippen LogP contribution is 2.24. The maximum Gasteiger partial charge on any atom is 0.177 e. The summed E-state index contributed by atoms with van der Waals surface area (Å²) in [7, 11) is 0. The molecule has 0 saturated carbocycles. The summed E-state index contributed by atoms with van der Waals surface area (Å²) in [5.74, 6) is -0.00540. The van der Waals surface area contributed by atoms with Crippen LogP contribution in [0.4, 0.5) is 0 Å². The van der Waals surface area contributed by atoms with Crippen molar-refractivity contribution in [1.82, 2.24) is 0 Å². The zero-order valence-electron chi connectivity index (χ0n) is 7.56. The molecule has 1 aromatic rings. The SMILES string of the molecule is CCC(Br)C(=O)c1ccc(Cl)cc1Cl. The van der Waals surface area contributed by atoms with Gasteiger partial charge < -0.3 is 0 Å². The van der Waals surface area contributed by atoms with E-state index in [0.717, 1.165) is 6.42 Å². The Labute approximate surface area is 102 Å². The van der Waals surface area contributed by atoms with Gasteiger partial charge in [-0.05, 0) is 24.6 Å². The molecule has 1 atom stereocenters. The van der Waals surface area contributed by atoms with Crippen LogP contribution in [-0.2, 0) is 0 Å². The molecule has 14 heavy (non-hydrogen) atoms. The summed E-state index contributed by atoms with van der Waals surface area (Å²) in [4.78, 5) is 11.6. The van der Waals surface area contributed by atoms with Gasteiger partial charge in [0.1, 0.15) is 0 Å². The number of benzene rings is 1.